The molecule has 20 heavy (non-hydrogen) atoms. The lowest BCUT2D eigenvalue weighted by Gasteiger charge is -2.34. The van der Waals surface area contributed by atoms with Crippen LogP contribution in [0.3, 0.4) is 0 Å². The largest absolute Gasteiger partial charge is 0.355 e. The van der Waals surface area contributed by atoms with Crippen molar-refractivity contribution in [2.24, 2.45) is 5.41 Å². The normalized spacial score (nSPS) is 21.9. The van der Waals surface area contributed by atoms with Gasteiger partial charge in [0.15, 0.2) is 0 Å². The van der Waals surface area contributed by atoms with Crippen LogP contribution in [0.5, 0.6) is 0 Å². The van der Waals surface area contributed by atoms with E-state index in [0.717, 1.165) is 25.9 Å². The van der Waals surface area contributed by atoms with Crippen LogP contribution < -0.4 is 10.6 Å². The van der Waals surface area contributed by atoms with Crippen LogP contribution in [0.15, 0.2) is 24.3 Å². The molecule has 1 aliphatic rings. The van der Waals surface area contributed by atoms with Gasteiger partial charge in [-0.05, 0) is 42.5 Å². The van der Waals surface area contributed by atoms with Crippen molar-refractivity contribution < 1.29 is 9.18 Å². The van der Waals surface area contributed by atoms with E-state index in [-0.39, 0.29) is 36.0 Å². The van der Waals surface area contributed by atoms with E-state index >= 15 is 0 Å². The molecule has 112 valence electrons. The van der Waals surface area contributed by atoms with Crippen molar-refractivity contribution in [1.82, 2.24) is 10.6 Å². The van der Waals surface area contributed by atoms with Crippen LogP contribution in [0.25, 0.3) is 0 Å². The molecule has 1 aliphatic heterocycles. The Hall–Kier alpha value is -1.13. The van der Waals surface area contributed by atoms with Crippen LogP contribution in [0.4, 0.5) is 4.39 Å². The summed E-state index contributed by atoms with van der Waals surface area (Å²) in [5.74, 6) is -0.342. The first kappa shape index (κ1) is 16.9. The van der Waals surface area contributed by atoms with Crippen LogP contribution in [-0.4, -0.2) is 25.5 Å². The summed E-state index contributed by atoms with van der Waals surface area (Å²) in [7, 11) is 0. The first-order chi connectivity index (χ1) is 9.07. The smallest absolute Gasteiger partial charge is 0.224 e. The molecule has 1 heterocycles. The molecule has 3 nitrogen and oxygen atoms in total. The number of hydrogen-bond donors (Lipinski definition) is 2. The van der Waals surface area contributed by atoms with Crippen molar-refractivity contribution in [3.8, 4) is 0 Å². The second kappa shape index (κ2) is 7.60. The first-order valence-electron chi connectivity index (χ1n) is 6.79. The lowest BCUT2D eigenvalue weighted by molar-refractivity contribution is -0.121. The van der Waals surface area contributed by atoms with Crippen molar-refractivity contribution in [1.29, 1.82) is 0 Å². The fourth-order valence-corrected chi connectivity index (χ4v) is 2.48. The molecule has 0 aliphatic carbocycles. The van der Waals surface area contributed by atoms with Crippen molar-refractivity contribution in [3.63, 3.8) is 0 Å². The third-order valence-corrected chi connectivity index (χ3v) is 3.65. The van der Waals surface area contributed by atoms with Gasteiger partial charge >= 0.3 is 0 Å². The number of benzene rings is 1. The highest BCUT2D eigenvalue weighted by molar-refractivity contribution is 5.85. The molecule has 1 atom stereocenters. The van der Waals surface area contributed by atoms with Gasteiger partial charge < -0.3 is 10.6 Å². The summed E-state index contributed by atoms with van der Waals surface area (Å²) in [6.07, 6.45) is 2.51. The molecule has 0 aromatic heterocycles. The molecule has 0 spiro atoms. The van der Waals surface area contributed by atoms with Crippen molar-refractivity contribution in [2.45, 2.75) is 26.2 Å². The maximum Gasteiger partial charge on any atom is 0.224 e. The highest BCUT2D eigenvalue weighted by Gasteiger charge is 2.26. The Balaban J connectivity index is 0.00000200. The molecular formula is C15H22ClFN2O. The van der Waals surface area contributed by atoms with Gasteiger partial charge in [0.25, 0.3) is 0 Å². The van der Waals surface area contributed by atoms with Crippen molar-refractivity contribution >= 4 is 18.3 Å². The Morgan fingerprint density at radius 2 is 2.30 bits per heavy atom. The lowest BCUT2D eigenvalue weighted by Crippen LogP contribution is -2.45. The highest BCUT2D eigenvalue weighted by atomic mass is 35.5. The summed E-state index contributed by atoms with van der Waals surface area (Å²) in [6.45, 7) is 4.86. The summed E-state index contributed by atoms with van der Waals surface area (Å²) in [4.78, 5) is 11.9. The van der Waals surface area contributed by atoms with Crippen LogP contribution in [0, 0.1) is 11.2 Å². The lowest BCUT2D eigenvalue weighted by atomic mass is 9.83. The fraction of sp³-hybridized carbons (Fsp3) is 0.533. The van der Waals surface area contributed by atoms with Gasteiger partial charge in [0.1, 0.15) is 5.82 Å². The van der Waals surface area contributed by atoms with Crippen LogP contribution in [-0.2, 0) is 11.2 Å². The van der Waals surface area contributed by atoms with Gasteiger partial charge in [-0.2, -0.15) is 0 Å². The number of piperidine rings is 1. The number of carbonyl (C=O) groups is 1. The molecule has 2 N–H and O–H groups in total. The SMILES string of the molecule is CC1(CNC(=O)Cc2cccc(F)c2)CCCNC1.Cl. The third-order valence-electron chi connectivity index (χ3n) is 3.65. The van der Waals surface area contributed by atoms with E-state index < -0.39 is 0 Å². The topological polar surface area (TPSA) is 41.1 Å². The van der Waals surface area contributed by atoms with Gasteiger partial charge in [-0.25, -0.2) is 4.39 Å². The summed E-state index contributed by atoms with van der Waals surface area (Å²) in [6, 6.07) is 6.19. The van der Waals surface area contributed by atoms with Crippen molar-refractivity contribution in [3.05, 3.63) is 35.6 Å². The van der Waals surface area contributed by atoms with Gasteiger partial charge in [-0.15, -0.1) is 12.4 Å². The highest BCUT2D eigenvalue weighted by Crippen LogP contribution is 2.24. The maximum absolute atomic E-state index is 13.0. The summed E-state index contributed by atoms with van der Waals surface area (Å²) < 4.78 is 13.0. The number of hydrogen-bond acceptors (Lipinski definition) is 2. The summed E-state index contributed by atoms with van der Waals surface area (Å²) in [5.41, 5.74) is 0.847. The molecule has 5 heteroatoms. The maximum atomic E-state index is 13.0. The van der Waals surface area contributed by atoms with E-state index in [0.29, 0.717) is 12.1 Å². The molecule has 1 unspecified atom stereocenters. The standard InChI is InChI=1S/C15H21FN2O.ClH/c1-15(6-3-7-17-10-15)11-18-14(19)9-12-4-2-5-13(16)8-12;/h2,4-5,8,17H,3,6-7,9-11H2,1H3,(H,18,19);1H. The monoisotopic (exact) mass is 300 g/mol. The second-order valence-corrected chi connectivity index (χ2v) is 5.67. The minimum atomic E-state index is -0.297. The van der Waals surface area contributed by atoms with Gasteiger partial charge in [0, 0.05) is 13.1 Å². The Bertz CT molecular complexity index is 447. The molecule has 0 radical (unpaired) electrons. The predicted molar refractivity (Wildman–Crippen MR) is 80.6 cm³/mol. The number of carbonyl (C=O) groups excluding carboxylic acids is 1. The Morgan fingerprint density at radius 3 is 2.95 bits per heavy atom. The number of halogens is 2. The second-order valence-electron chi connectivity index (χ2n) is 5.67. The van der Waals surface area contributed by atoms with Gasteiger partial charge in [0.05, 0.1) is 6.42 Å². The van der Waals surface area contributed by atoms with Gasteiger partial charge in [-0.1, -0.05) is 19.1 Å². The molecule has 1 aromatic carbocycles. The fourth-order valence-electron chi connectivity index (χ4n) is 2.48. The minimum absolute atomic E-state index is 0. The zero-order chi connectivity index (χ0) is 13.7. The van der Waals surface area contributed by atoms with E-state index in [9.17, 15) is 9.18 Å². The van der Waals surface area contributed by atoms with Gasteiger partial charge in [0.2, 0.25) is 5.91 Å². The first-order valence-corrected chi connectivity index (χ1v) is 6.79. The Kier molecular flexibility index (Phi) is 6.43. The Morgan fingerprint density at radius 1 is 1.50 bits per heavy atom. The molecule has 1 saturated heterocycles. The molecule has 0 saturated carbocycles. The number of amides is 1. The van der Waals surface area contributed by atoms with Crippen LogP contribution in [0.1, 0.15) is 25.3 Å². The van der Waals surface area contributed by atoms with Crippen LogP contribution >= 0.6 is 12.4 Å². The Labute approximate surface area is 125 Å². The average Bonchev–Trinajstić information content (AvgIpc) is 2.38. The molecule has 1 fully saturated rings. The van der Waals surface area contributed by atoms with E-state index in [1.807, 2.05) is 0 Å². The zero-order valence-corrected chi connectivity index (χ0v) is 12.6. The molecule has 0 bridgehead atoms. The third kappa shape index (κ3) is 5.10. The molecule has 1 aromatic rings. The summed E-state index contributed by atoms with van der Waals surface area (Å²) >= 11 is 0. The van der Waals surface area contributed by atoms with Crippen LogP contribution in [0.2, 0.25) is 0 Å². The van der Waals surface area contributed by atoms with Crippen molar-refractivity contribution in [2.75, 3.05) is 19.6 Å². The van der Waals surface area contributed by atoms with Gasteiger partial charge in [-0.3, -0.25) is 4.79 Å². The molecule has 2 rings (SSSR count). The van der Waals surface area contributed by atoms with E-state index in [1.165, 1.54) is 12.1 Å². The quantitative estimate of drug-likeness (QED) is 0.896. The van der Waals surface area contributed by atoms with E-state index in [2.05, 4.69) is 17.6 Å². The van der Waals surface area contributed by atoms with E-state index in [4.69, 9.17) is 0 Å². The molecule has 1 amide bonds. The summed E-state index contributed by atoms with van der Waals surface area (Å²) in [5, 5.41) is 6.31. The average molecular weight is 301 g/mol. The number of rotatable bonds is 4. The minimum Gasteiger partial charge on any atom is -0.355 e. The zero-order valence-electron chi connectivity index (χ0n) is 11.7. The number of nitrogens with one attached hydrogen (secondary N) is 2. The molecular weight excluding hydrogens is 279 g/mol. The van der Waals surface area contributed by atoms with E-state index in [1.54, 1.807) is 12.1 Å². The predicted octanol–water partition coefficient (Wildman–Crippen LogP) is 2.30.